The summed E-state index contributed by atoms with van der Waals surface area (Å²) < 4.78 is 24.7. The Kier molecular flexibility index (Phi) is 7.08. The van der Waals surface area contributed by atoms with Gasteiger partial charge in [-0.25, -0.2) is 14.2 Å². The first-order valence-electron chi connectivity index (χ1n) is 9.19. The van der Waals surface area contributed by atoms with Gasteiger partial charge in [0, 0.05) is 12.3 Å². The zero-order valence-corrected chi connectivity index (χ0v) is 17.9. The van der Waals surface area contributed by atoms with Gasteiger partial charge in [0.05, 0.1) is 17.2 Å². The van der Waals surface area contributed by atoms with Crippen LogP contribution in [0.3, 0.4) is 0 Å². The topological polar surface area (TPSA) is 80.7 Å². The molecule has 0 aliphatic rings. The third kappa shape index (κ3) is 5.81. The molecule has 2 atom stereocenters. The van der Waals surface area contributed by atoms with Gasteiger partial charge in [-0.2, -0.15) is 0 Å². The minimum Gasteiger partial charge on any atom is -0.478 e. The molecule has 1 aromatic carbocycles. The lowest BCUT2D eigenvalue weighted by Gasteiger charge is -2.36. The number of aromatic nitrogens is 1. The summed E-state index contributed by atoms with van der Waals surface area (Å²) in [4.78, 5) is 16.7. The molecule has 0 saturated heterocycles. The van der Waals surface area contributed by atoms with Gasteiger partial charge < -0.3 is 19.9 Å². The van der Waals surface area contributed by atoms with Crippen molar-refractivity contribution >= 4 is 17.7 Å². The van der Waals surface area contributed by atoms with E-state index in [0.717, 1.165) is 6.07 Å². The van der Waals surface area contributed by atoms with Crippen molar-refractivity contribution in [2.75, 3.05) is 6.61 Å². The molecule has 8 heteroatoms. The summed E-state index contributed by atoms with van der Waals surface area (Å²) in [5, 5.41) is 13.7. The number of carbonyl (C=O) groups is 1. The maximum Gasteiger partial charge on any atom is 0.408 e. The lowest BCUT2D eigenvalue weighted by atomic mass is 9.83. The highest BCUT2D eigenvalue weighted by atomic mass is 35.5. The van der Waals surface area contributed by atoms with Crippen molar-refractivity contribution < 1.29 is 23.8 Å². The zero-order valence-electron chi connectivity index (χ0n) is 17.1. The number of pyridine rings is 1. The maximum absolute atomic E-state index is 14.0. The van der Waals surface area contributed by atoms with Gasteiger partial charge in [0.15, 0.2) is 0 Å². The number of hydrogen-bond acceptors (Lipinski definition) is 5. The van der Waals surface area contributed by atoms with Crippen LogP contribution >= 0.6 is 11.6 Å². The number of aliphatic hydroxyl groups is 1. The first kappa shape index (κ1) is 22.9. The highest BCUT2D eigenvalue weighted by Gasteiger charge is 2.39. The number of nitrogens with zero attached hydrogens (tertiary/aromatic N) is 1. The average Bonchev–Trinajstić information content (AvgIpc) is 2.62. The molecule has 2 unspecified atom stereocenters. The SMILES string of the molecule is CCOc1ccc(C(C)(NC(=O)OC(C)(C)C)C(O)c2ccc(Cl)c(F)c2)cn1. The molecular weight excluding hydrogens is 399 g/mol. The van der Waals surface area contributed by atoms with Crippen LogP contribution in [0, 0.1) is 5.82 Å². The second kappa shape index (κ2) is 8.97. The Morgan fingerprint density at radius 2 is 1.97 bits per heavy atom. The summed E-state index contributed by atoms with van der Waals surface area (Å²) in [6.45, 7) is 9.08. The van der Waals surface area contributed by atoms with E-state index < -0.39 is 29.2 Å². The van der Waals surface area contributed by atoms with Crippen molar-refractivity contribution in [3.63, 3.8) is 0 Å². The summed E-state index contributed by atoms with van der Waals surface area (Å²) in [7, 11) is 0. The van der Waals surface area contributed by atoms with Gasteiger partial charge in [-0.3, -0.25) is 0 Å². The Morgan fingerprint density at radius 1 is 1.28 bits per heavy atom. The number of rotatable bonds is 6. The number of aliphatic hydroxyl groups excluding tert-OH is 1. The second-order valence-electron chi connectivity index (χ2n) is 7.72. The fraction of sp³-hybridized carbons (Fsp3) is 0.429. The number of nitrogens with one attached hydrogen (secondary N) is 1. The predicted octanol–water partition coefficient (Wildman–Crippen LogP) is 4.75. The predicted molar refractivity (Wildman–Crippen MR) is 108 cm³/mol. The smallest absolute Gasteiger partial charge is 0.408 e. The third-order valence-corrected chi connectivity index (χ3v) is 4.50. The van der Waals surface area contributed by atoms with Gasteiger partial charge >= 0.3 is 6.09 Å². The first-order valence-corrected chi connectivity index (χ1v) is 9.57. The molecule has 2 rings (SSSR count). The average molecular weight is 425 g/mol. The number of amides is 1. The monoisotopic (exact) mass is 424 g/mol. The Labute approximate surface area is 175 Å². The van der Waals surface area contributed by atoms with Gasteiger partial charge in [0.25, 0.3) is 0 Å². The van der Waals surface area contributed by atoms with Crippen LogP contribution in [0.4, 0.5) is 9.18 Å². The number of halogens is 2. The minimum absolute atomic E-state index is 0.0644. The Hall–Kier alpha value is -2.38. The Bertz CT molecular complexity index is 855. The molecule has 0 bridgehead atoms. The molecule has 0 fully saturated rings. The standard InChI is InChI=1S/C21H26ClFN2O4/c1-6-28-17-10-8-14(12-24-17)21(5,25-19(27)29-20(2,3)4)18(26)13-7-9-15(22)16(23)11-13/h7-12,18,26H,6H2,1-5H3,(H,25,27). The minimum atomic E-state index is -1.37. The number of carbonyl (C=O) groups excluding carboxylic acids is 1. The number of ether oxygens (including phenoxy) is 2. The van der Waals surface area contributed by atoms with Crippen molar-refractivity contribution in [1.29, 1.82) is 0 Å². The van der Waals surface area contributed by atoms with Gasteiger partial charge in [-0.1, -0.05) is 17.7 Å². The quantitative estimate of drug-likeness (QED) is 0.699. The fourth-order valence-corrected chi connectivity index (χ4v) is 2.87. The summed E-state index contributed by atoms with van der Waals surface area (Å²) in [5.74, 6) is -0.268. The Balaban J connectivity index is 2.45. The molecule has 0 radical (unpaired) electrons. The normalized spacial score (nSPS) is 14.6. The second-order valence-corrected chi connectivity index (χ2v) is 8.13. The van der Waals surface area contributed by atoms with Crippen LogP contribution < -0.4 is 10.1 Å². The molecule has 0 aliphatic heterocycles. The zero-order chi connectivity index (χ0) is 21.8. The molecule has 2 N–H and O–H groups in total. The molecule has 1 amide bonds. The van der Waals surface area contributed by atoms with E-state index in [9.17, 15) is 14.3 Å². The summed E-state index contributed by atoms with van der Waals surface area (Å²) >= 11 is 5.75. The van der Waals surface area contributed by atoms with Crippen molar-refractivity contribution in [1.82, 2.24) is 10.3 Å². The van der Waals surface area contributed by atoms with Crippen LogP contribution in [-0.2, 0) is 10.3 Å². The fourth-order valence-electron chi connectivity index (χ4n) is 2.75. The highest BCUT2D eigenvalue weighted by Crippen LogP contribution is 2.36. The molecule has 2 aromatic rings. The van der Waals surface area contributed by atoms with Crippen LogP contribution in [0.1, 0.15) is 51.8 Å². The third-order valence-electron chi connectivity index (χ3n) is 4.20. The number of alkyl carbamates (subject to hydrolysis) is 1. The summed E-state index contributed by atoms with van der Waals surface area (Å²) in [6, 6.07) is 7.27. The molecule has 0 saturated carbocycles. The molecule has 0 aliphatic carbocycles. The molecule has 6 nitrogen and oxygen atoms in total. The Morgan fingerprint density at radius 3 is 2.48 bits per heavy atom. The summed E-state index contributed by atoms with van der Waals surface area (Å²) in [5.41, 5.74) is -1.39. The van der Waals surface area contributed by atoms with Crippen molar-refractivity contribution in [3.05, 3.63) is 58.5 Å². The highest BCUT2D eigenvalue weighted by molar-refractivity contribution is 6.30. The van der Waals surface area contributed by atoms with E-state index in [2.05, 4.69) is 10.3 Å². The van der Waals surface area contributed by atoms with E-state index in [-0.39, 0.29) is 10.6 Å². The van der Waals surface area contributed by atoms with Gasteiger partial charge in [0.1, 0.15) is 17.5 Å². The van der Waals surface area contributed by atoms with Gasteiger partial charge in [-0.05, 0) is 63.9 Å². The van der Waals surface area contributed by atoms with E-state index in [4.69, 9.17) is 21.1 Å². The van der Waals surface area contributed by atoms with Crippen molar-refractivity contribution in [2.45, 2.75) is 51.9 Å². The first-order chi connectivity index (χ1) is 13.5. The molecular formula is C21H26ClFN2O4. The van der Waals surface area contributed by atoms with Crippen molar-refractivity contribution in [2.24, 2.45) is 0 Å². The van der Waals surface area contributed by atoms with E-state index >= 15 is 0 Å². The van der Waals surface area contributed by atoms with Gasteiger partial charge in [0.2, 0.25) is 5.88 Å². The number of benzene rings is 1. The molecule has 1 aromatic heterocycles. The molecule has 1 heterocycles. The van der Waals surface area contributed by atoms with Crippen LogP contribution in [-0.4, -0.2) is 28.4 Å². The van der Waals surface area contributed by atoms with E-state index in [0.29, 0.717) is 18.1 Å². The molecule has 0 spiro atoms. The largest absolute Gasteiger partial charge is 0.478 e. The van der Waals surface area contributed by atoms with E-state index in [1.54, 1.807) is 39.8 Å². The lowest BCUT2D eigenvalue weighted by molar-refractivity contribution is 0.0235. The van der Waals surface area contributed by atoms with Crippen molar-refractivity contribution in [3.8, 4) is 5.88 Å². The van der Waals surface area contributed by atoms with Crippen LogP contribution in [0.5, 0.6) is 5.88 Å². The van der Waals surface area contributed by atoms with E-state index in [1.807, 2.05) is 6.92 Å². The molecule has 29 heavy (non-hydrogen) atoms. The van der Waals surface area contributed by atoms with Crippen LogP contribution in [0.25, 0.3) is 0 Å². The van der Waals surface area contributed by atoms with Crippen LogP contribution in [0.2, 0.25) is 5.02 Å². The summed E-state index contributed by atoms with van der Waals surface area (Å²) in [6.07, 6.45) is -0.568. The van der Waals surface area contributed by atoms with E-state index in [1.165, 1.54) is 18.3 Å². The van der Waals surface area contributed by atoms with Crippen LogP contribution in [0.15, 0.2) is 36.5 Å². The molecule has 158 valence electrons. The maximum atomic E-state index is 14.0. The lowest BCUT2D eigenvalue weighted by Crippen LogP contribution is -2.49. The number of hydrogen-bond donors (Lipinski definition) is 2. The van der Waals surface area contributed by atoms with Gasteiger partial charge in [-0.15, -0.1) is 0 Å².